The lowest BCUT2D eigenvalue weighted by atomic mass is 10.3. The van der Waals surface area contributed by atoms with Crippen LogP contribution in [0.15, 0.2) is 11.8 Å². The Labute approximate surface area is 85.4 Å². The van der Waals surface area contributed by atoms with E-state index in [4.69, 9.17) is 5.73 Å². The molecule has 0 bridgehead atoms. The van der Waals surface area contributed by atoms with E-state index >= 15 is 0 Å². The lowest BCUT2D eigenvalue weighted by Crippen LogP contribution is -2.25. The number of fused-ring (bicyclic) bond motifs is 1. The smallest absolute Gasteiger partial charge is 0.157 e. The first kappa shape index (κ1) is 9.29. The molecule has 2 aromatic heterocycles. The van der Waals surface area contributed by atoms with Gasteiger partial charge in [0.15, 0.2) is 5.82 Å². The van der Waals surface area contributed by atoms with Gasteiger partial charge in [-0.25, -0.2) is 15.0 Å². The Bertz CT molecular complexity index is 426. The maximum Gasteiger partial charge on any atom is 0.157 e. The molecule has 5 nitrogen and oxygen atoms in total. The summed E-state index contributed by atoms with van der Waals surface area (Å²) >= 11 is 1.50. The molecule has 6 heteroatoms. The van der Waals surface area contributed by atoms with Gasteiger partial charge in [0.25, 0.3) is 0 Å². The molecule has 2 rings (SSSR count). The zero-order chi connectivity index (χ0) is 9.97. The van der Waals surface area contributed by atoms with Crippen LogP contribution in [-0.4, -0.2) is 27.5 Å². The summed E-state index contributed by atoms with van der Waals surface area (Å²) in [5.41, 5.74) is 8.09. The maximum atomic E-state index is 5.52. The first-order chi connectivity index (χ1) is 6.81. The van der Waals surface area contributed by atoms with E-state index < -0.39 is 0 Å². The monoisotopic (exact) mass is 209 g/mol. The number of nitrogens with one attached hydrogen (secondary N) is 1. The van der Waals surface area contributed by atoms with Gasteiger partial charge < -0.3 is 11.1 Å². The highest BCUT2D eigenvalue weighted by atomic mass is 32.1. The molecule has 0 amide bonds. The van der Waals surface area contributed by atoms with E-state index in [0.717, 1.165) is 16.2 Å². The molecule has 14 heavy (non-hydrogen) atoms. The Kier molecular flexibility index (Phi) is 2.55. The first-order valence-corrected chi connectivity index (χ1v) is 5.20. The number of aromatic nitrogens is 3. The van der Waals surface area contributed by atoms with Crippen molar-refractivity contribution in [1.29, 1.82) is 0 Å². The number of hydrogen-bond donors (Lipinski definition) is 2. The molecule has 1 atom stereocenters. The van der Waals surface area contributed by atoms with Crippen LogP contribution in [0.3, 0.4) is 0 Å². The van der Waals surface area contributed by atoms with Crippen molar-refractivity contribution in [2.24, 2.45) is 5.73 Å². The molecule has 1 unspecified atom stereocenters. The lowest BCUT2D eigenvalue weighted by Gasteiger charge is -2.11. The molecule has 0 aromatic carbocycles. The van der Waals surface area contributed by atoms with E-state index in [1.54, 1.807) is 5.51 Å². The predicted octanol–water partition coefficient (Wildman–Crippen LogP) is 0.845. The number of thiazole rings is 1. The van der Waals surface area contributed by atoms with Crippen molar-refractivity contribution in [1.82, 2.24) is 15.0 Å². The van der Waals surface area contributed by atoms with Crippen LogP contribution in [0.1, 0.15) is 6.92 Å². The highest BCUT2D eigenvalue weighted by molar-refractivity contribution is 7.16. The van der Waals surface area contributed by atoms with Crippen molar-refractivity contribution >= 4 is 27.5 Å². The van der Waals surface area contributed by atoms with Crippen molar-refractivity contribution < 1.29 is 0 Å². The van der Waals surface area contributed by atoms with Gasteiger partial charge in [0, 0.05) is 12.6 Å². The quantitative estimate of drug-likeness (QED) is 0.783. The maximum absolute atomic E-state index is 5.52. The third-order valence-corrected chi connectivity index (χ3v) is 2.60. The van der Waals surface area contributed by atoms with Crippen LogP contribution in [0.5, 0.6) is 0 Å². The molecular formula is C8H11N5S. The van der Waals surface area contributed by atoms with Crippen LogP contribution in [0.25, 0.3) is 10.3 Å². The fourth-order valence-electron chi connectivity index (χ4n) is 1.09. The topological polar surface area (TPSA) is 76.7 Å². The van der Waals surface area contributed by atoms with Gasteiger partial charge in [0.05, 0.1) is 5.51 Å². The third kappa shape index (κ3) is 1.66. The average molecular weight is 209 g/mol. The molecule has 0 aliphatic carbocycles. The van der Waals surface area contributed by atoms with E-state index in [9.17, 15) is 0 Å². The summed E-state index contributed by atoms with van der Waals surface area (Å²) in [5, 5.41) is 3.19. The fourth-order valence-corrected chi connectivity index (χ4v) is 1.72. The van der Waals surface area contributed by atoms with Gasteiger partial charge in [0.1, 0.15) is 16.7 Å². The Morgan fingerprint density at radius 3 is 3.14 bits per heavy atom. The van der Waals surface area contributed by atoms with E-state index in [1.165, 1.54) is 17.7 Å². The van der Waals surface area contributed by atoms with Crippen LogP contribution in [-0.2, 0) is 0 Å². The molecule has 0 fully saturated rings. The van der Waals surface area contributed by atoms with Gasteiger partial charge in [-0.1, -0.05) is 0 Å². The standard InChI is InChI=1S/C8H11N5S/c1-5(2-9)13-7-6-8(11-3-10-7)14-4-12-6/h3-5H,2,9H2,1H3,(H,10,11,13). The Morgan fingerprint density at radius 1 is 1.50 bits per heavy atom. The summed E-state index contributed by atoms with van der Waals surface area (Å²) in [6.45, 7) is 2.57. The summed E-state index contributed by atoms with van der Waals surface area (Å²) in [6, 6.07) is 0.190. The highest BCUT2D eigenvalue weighted by Gasteiger charge is 2.07. The van der Waals surface area contributed by atoms with Gasteiger partial charge in [-0.2, -0.15) is 0 Å². The molecule has 2 aromatic rings. The summed E-state index contributed by atoms with van der Waals surface area (Å²) < 4.78 is 0. The van der Waals surface area contributed by atoms with Gasteiger partial charge in [-0.3, -0.25) is 0 Å². The summed E-state index contributed by atoms with van der Waals surface area (Å²) in [7, 11) is 0. The van der Waals surface area contributed by atoms with Gasteiger partial charge >= 0.3 is 0 Å². The molecule has 2 heterocycles. The van der Waals surface area contributed by atoms with E-state index in [1.807, 2.05) is 6.92 Å². The lowest BCUT2D eigenvalue weighted by molar-refractivity contribution is 0.799. The molecule has 0 saturated carbocycles. The van der Waals surface area contributed by atoms with Gasteiger partial charge in [-0.15, -0.1) is 11.3 Å². The van der Waals surface area contributed by atoms with Gasteiger partial charge in [0.2, 0.25) is 0 Å². The van der Waals surface area contributed by atoms with E-state index in [-0.39, 0.29) is 6.04 Å². The minimum Gasteiger partial charge on any atom is -0.364 e. The Balaban J connectivity index is 2.36. The summed E-state index contributed by atoms with van der Waals surface area (Å²) in [4.78, 5) is 13.3. The average Bonchev–Trinajstić information content (AvgIpc) is 2.66. The highest BCUT2D eigenvalue weighted by Crippen LogP contribution is 2.20. The van der Waals surface area contributed by atoms with Crippen LogP contribution in [0.4, 0.5) is 5.82 Å². The second kappa shape index (κ2) is 3.85. The predicted molar refractivity (Wildman–Crippen MR) is 57.3 cm³/mol. The van der Waals surface area contributed by atoms with Crippen molar-refractivity contribution in [3.8, 4) is 0 Å². The van der Waals surface area contributed by atoms with Crippen LogP contribution in [0.2, 0.25) is 0 Å². The molecule has 0 aliphatic rings. The summed E-state index contributed by atoms with van der Waals surface area (Å²) in [6.07, 6.45) is 1.53. The Hall–Kier alpha value is -1.27. The zero-order valence-electron chi connectivity index (χ0n) is 7.77. The molecule has 0 spiro atoms. The fraction of sp³-hybridized carbons (Fsp3) is 0.375. The number of anilines is 1. The van der Waals surface area contributed by atoms with Crippen molar-refractivity contribution in [3.63, 3.8) is 0 Å². The number of nitrogens with two attached hydrogens (primary N) is 1. The van der Waals surface area contributed by atoms with Crippen molar-refractivity contribution in [3.05, 3.63) is 11.8 Å². The third-order valence-electron chi connectivity index (χ3n) is 1.87. The molecule has 0 aliphatic heterocycles. The van der Waals surface area contributed by atoms with Crippen LogP contribution in [0, 0.1) is 0 Å². The number of nitrogens with zero attached hydrogens (tertiary/aromatic N) is 3. The molecule has 0 radical (unpaired) electrons. The number of rotatable bonds is 3. The van der Waals surface area contributed by atoms with Crippen molar-refractivity contribution in [2.75, 3.05) is 11.9 Å². The molecular weight excluding hydrogens is 198 g/mol. The van der Waals surface area contributed by atoms with Crippen molar-refractivity contribution in [2.45, 2.75) is 13.0 Å². The number of hydrogen-bond acceptors (Lipinski definition) is 6. The SMILES string of the molecule is CC(CN)Nc1ncnc2scnc12. The molecule has 3 N–H and O–H groups in total. The second-order valence-corrected chi connectivity index (χ2v) is 3.84. The summed E-state index contributed by atoms with van der Waals surface area (Å²) in [5.74, 6) is 0.759. The second-order valence-electron chi connectivity index (χ2n) is 3.01. The van der Waals surface area contributed by atoms with E-state index in [2.05, 4.69) is 20.3 Å². The van der Waals surface area contributed by atoms with Crippen LogP contribution >= 0.6 is 11.3 Å². The first-order valence-electron chi connectivity index (χ1n) is 4.32. The Morgan fingerprint density at radius 2 is 2.36 bits per heavy atom. The zero-order valence-corrected chi connectivity index (χ0v) is 8.58. The normalized spacial score (nSPS) is 13.0. The van der Waals surface area contributed by atoms with E-state index in [0.29, 0.717) is 6.54 Å². The minimum atomic E-state index is 0.190. The minimum absolute atomic E-state index is 0.190. The van der Waals surface area contributed by atoms with Crippen LogP contribution < -0.4 is 11.1 Å². The molecule has 74 valence electrons. The molecule has 0 saturated heterocycles. The largest absolute Gasteiger partial charge is 0.364 e. The van der Waals surface area contributed by atoms with Gasteiger partial charge in [-0.05, 0) is 6.92 Å².